The minimum Gasteiger partial charge on any atom is -0.497 e. The molecule has 0 bridgehead atoms. The van der Waals surface area contributed by atoms with E-state index in [-0.39, 0.29) is 42.8 Å². The largest absolute Gasteiger partial charge is 0.497 e. The van der Waals surface area contributed by atoms with Gasteiger partial charge in [-0.25, -0.2) is 0 Å². The van der Waals surface area contributed by atoms with E-state index in [1.165, 1.54) is 16.0 Å². The molecule has 1 saturated heterocycles. The second-order valence-electron chi connectivity index (χ2n) is 11.1. The second-order valence-corrected chi connectivity index (χ2v) is 11.1. The van der Waals surface area contributed by atoms with Gasteiger partial charge in [-0.1, -0.05) is 36.4 Å². The van der Waals surface area contributed by atoms with Gasteiger partial charge in [0, 0.05) is 43.8 Å². The van der Waals surface area contributed by atoms with Crippen molar-refractivity contribution >= 4 is 23.4 Å². The number of imide groups is 1. The lowest BCUT2D eigenvalue weighted by molar-refractivity contribution is -0.134. The van der Waals surface area contributed by atoms with Crippen LogP contribution in [0.2, 0.25) is 0 Å². The molecule has 0 radical (unpaired) electrons. The van der Waals surface area contributed by atoms with Crippen LogP contribution < -0.4 is 10.1 Å². The molecule has 3 aromatic carbocycles. The summed E-state index contributed by atoms with van der Waals surface area (Å²) in [5, 5.41) is 3.63. The molecule has 1 fully saturated rings. The van der Waals surface area contributed by atoms with Gasteiger partial charge in [-0.05, 0) is 59.9 Å². The van der Waals surface area contributed by atoms with E-state index in [4.69, 9.17) is 4.74 Å². The maximum Gasteiger partial charge on any atom is 0.261 e. The first-order chi connectivity index (χ1) is 19.5. The maximum atomic E-state index is 13.8. The number of nitrogens with one attached hydrogen (secondary N) is 1. The van der Waals surface area contributed by atoms with Crippen LogP contribution in [0.3, 0.4) is 0 Å². The zero-order valence-corrected chi connectivity index (χ0v) is 22.5. The number of fused-ring (bicyclic) bond motifs is 5. The van der Waals surface area contributed by atoms with E-state index >= 15 is 0 Å². The highest BCUT2D eigenvalue weighted by Crippen LogP contribution is 2.42. The Balaban J connectivity index is 1.11. The Kier molecular flexibility index (Phi) is 6.08. The number of carbonyl (C=O) groups is 3. The van der Waals surface area contributed by atoms with Gasteiger partial charge >= 0.3 is 0 Å². The quantitative estimate of drug-likeness (QED) is 0.501. The molecule has 0 spiro atoms. The van der Waals surface area contributed by atoms with Crippen LogP contribution >= 0.6 is 0 Å². The Labute approximate surface area is 233 Å². The molecule has 0 saturated carbocycles. The van der Waals surface area contributed by atoms with Gasteiger partial charge in [0.25, 0.3) is 11.8 Å². The van der Waals surface area contributed by atoms with Gasteiger partial charge in [0.15, 0.2) is 0 Å². The van der Waals surface area contributed by atoms with E-state index in [1.807, 2.05) is 23.1 Å². The number of methoxy groups -OCH3 is 1. The molecule has 8 heteroatoms. The fourth-order valence-corrected chi connectivity index (χ4v) is 6.93. The Morgan fingerprint density at radius 3 is 2.48 bits per heavy atom. The topological polar surface area (TPSA) is 82.2 Å². The van der Waals surface area contributed by atoms with Gasteiger partial charge in [0.05, 0.1) is 30.8 Å². The molecule has 40 heavy (non-hydrogen) atoms. The summed E-state index contributed by atoms with van der Waals surface area (Å²) < 4.78 is 5.46. The second kappa shape index (κ2) is 9.78. The average molecular weight is 537 g/mol. The number of amides is 3. The fourth-order valence-electron chi connectivity index (χ4n) is 6.93. The third kappa shape index (κ3) is 4.05. The first-order valence-corrected chi connectivity index (χ1v) is 14.0. The van der Waals surface area contributed by atoms with Gasteiger partial charge in [-0.15, -0.1) is 0 Å². The molecule has 4 aliphatic rings. The molecule has 3 amide bonds. The van der Waals surface area contributed by atoms with Crippen molar-refractivity contribution < 1.29 is 19.1 Å². The van der Waals surface area contributed by atoms with Crippen LogP contribution in [-0.4, -0.2) is 78.3 Å². The molecule has 1 N–H and O–H groups in total. The van der Waals surface area contributed by atoms with Crippen molar-refractivity contribution in [2.45, 2.75) is 30.8 Å². The molecule has 0 aromatic heterocycles. The highest BCUT2D eigenvalue weighted by Gasteiger charge is 2.41. The van der Waals surface area contributed by atoms with Crippen LogP contribution in [0.5, 0.6) is 5.75 Å². The summed E-state index contributed by atoms with van der Waals surface area (Å²) in [7, 11) is 1.67. The van der Waals surface area contributed by atoms with E-state index in [2.05, 4.69) is 34.5 Å². The van der Waals surface area contributed by atoms with Crippen LogP contribution in [-0.2, 0) is 11.2 Å². The highest BCUT2D eigenvalue weighted by atomic mass is 16.5. The molecule has 0 aliphatic carbocycles. The molecule has 3 aromatic rings. The SMILES string of the molecule is COc1ccc2c(c1)[C@@H]1CN(C(=O)CN3CCc4ccccc4[C@@H]3CN3C(=O)c4ccccc4C3=O)CC[C@H]1N2. The first kappa shape index (κ1) is 24.8. The number of likely N-dealkylation sites (tertiary alicyclic amines) is 1. The Bertz CT molecular complexity index is 1490. The third-order valence-corrected chi connectivity index (χ3v) is 9.06. The zero-order valence-electron chi connectivity index (χ0n) is 22.5. The van der Waals surface area contributed by atoms with E-state index in [0.717, 1.165) is 29.8 Å². The Hall–Kier alpha value is -4.17. The number of carbonyl (C=O) groups excluding carboxylic acids is 3. The van der Waals surface area contributed by atoms with Crippen molar-refractivity contribution in [2.24, 2.45) is 0 Å². The third-order valence-electron chi connectivity index (χ3n) is 9.06. The molecule has 3 atom stereocenters. The summed E-state index contributed by atoms with van der Waals surface area (Å²) in [6.45, 7) is 2.52. The molecule has 8 nitrogen and oxygen atoms in total. The van der Waals surface area contributed by atoms with Gasteiger partial charge < -0.3 is 15.0 Å². The number of rotatable bonds is 5. The van der Waals surface area contributed by atoms with E-state index in [9.17, 15) is 14.4 Å². The van der Waals surface area contributed by atoms with Crippen LogP contribution in [0.25, 0.3) is 0 Å². The Morgan fingerprint density at radius 2 is 1.70 bits per heavy atom. The van der Waals surface area contributed by atoms with Crippen molar-refractivity contribution in [1.82, 2.24) is 14.7 Å². The molecular formula is C32H32N4O4. The number of nitrogens with zero attached hydrogens (tertiary/aromatic N) is 3. The van der Waals surface area contributed by atoms with Crippen molar-refractivity contribution in [3.63, 3.8) is 0 Å². The van der Waals surface area contributed by atoms with Crippen molar-refractivity contribution in [3.8, 4) is 5.75 Å². The van der Waals surface area contributed by atoms with Crippen LogP contribution in [0.1, 0.15) is 55.8 Å². The van der Waals surface area contributed by atoms with Crippen molar-refractivity contribution in [3.05, 3.63) is 94.5 Å². The normalized spacial score (nSPS) is 23.3. The number of hydrogen-bond donors (Lipinski definition) is 1. The summed E-state index contributed by atoms with van der Waals surface area (Å²) in [6, 6.07) is 21.3. The van der Waals surface area contributed by atoms with Crippen LogP contribution in [0, 0.1) is 0 Å². The van der Waals surface area contributed by atoms with Crippen LogP contribution in [0.15, 0.2) is 66.7 Å². The molecule has 204 valence electrons. The summed E-state index contributed by atoms with van der Waals surface area (Å²) in [5.74, 6) is 0.604. The summed E-state index contributed by atoms with van der Waals surface area (Å²) in [4.78, 5) is 45.7. The molecule has 7 rings (SSSR count). The summed E-state index contributed by atoms with van der Waals surface area (Å²) in [5.41, 5.74) is 5.51. The van der Waals surface area contributed by atoms with Crippen molar-refractivity contribution in [1.29, 1.82) is 0 Å². The van der Waals surface area contributed by atoms with Gasteiger partial charge in [0.2, 0.25) is 5.91 Å². The lowest BCUT2D eigenvalue weighted by Crippen LogP contribution is -2.51. The zero-order chi connectivity index (χ0) is 27.4. The molecule has 0 unspecified atom stereocenters. The summed E-state index contributed by atoms with van der Waals surface area (Å²) in [6.07, 6.45) is 1.71. The average Bonchev–Trinajstić information content (AvgIpc) is 3.47. The minimum absolute atomic E-state index is 0.0848. The number of piperidine rings is 1. The van der Waals surface area contributed by atoms with E-state index in [0.29, 0.717) is 36.8 Å². The standard InChI is InChI=1S/C32H32N4O4/c1-40-21-10-11-27-25(16-21)26-17-35(15-13-28(26)33-27)30(37)19-34-14-12-20-6-2-3-7-22(20)29(34)18-36-31(38)23-8-4-5-9-24(23)32(36)39/h2-11,16,26,28-29,33H,12-15,17-19H2,1H3/t26-,28+,29-/m0/s1. The van der Waals surface area contributed by atoms with Crippen LogP contribution in [0.4, 0.5) is 5.69 Å². The number of anilines is 1. The number of ether oxygens (including phenoxy) is 1. The minimum atomic E-state index is -0.264. The van der Waals surface area contributed by atoms with Gasteiger partial charge in [-0.3, -0.25) is 24.2 Å². The molecule has 4 heterocycles. The first-order valence-electron chi connectivity index (χ1n) is 14.0. The number of benzene rings is 3. The van der Waals surface area contributed by atoms with Crippen molar-refractivity contribution in [2.75, 3.05) is 45.2 Å². The molecular weight excluding hydrogens is 504 g/mol. The lowest BCUT2D eigenvalue weighted by Gasteiger charge is -2.41. The van der Waals surface area contributed by atoms with Gasteiger partial charge in [0.1, 0.15) is 5.75 Å². The van der Waals surface area contributed by atoms with E-state index < -0.39 is 0 Å². The smallest absolute Gasteiger partial charge is 0.261 e. The molecule has 4 aliphatic heterocycles. The van der Waals surface area contributed by atoms with E-state index in [1.54, 1.807) is 31.4 Å². The summed E-state index contributed by atoms with van der Waals surface area (Å²) >= 11 is 0. The predicted molar refractivity (Wildman–Crippen MR) is 151 cm³/mol. The lowest BCUT2D eigenvalue weighted by atomic mass is 9.89. The maximum absolute atomic E-state index is 13.8. The Morgan fingerprint density at radius 1 is 0.950 bits per heavy atom. The number of hydrogen-bond acceptors (Lipinski definition) is 6. The fraction of sp³-hybridized carbons (Fsp3) is 0.344. The highest BCUT2D eigenvalue weighted by molar-refractivity contribution is 6.21. The predicted octanol–water partition coefficient (Wildman–Crippen LogP) is 3.70. The van der Waals surface area contributed by atoms with Gasteiger partial charge in [-0.2, -0.15) is 0 Å². The monoisotopic (exact) mass is 536 g/mol.